The zero-order valence-electron chi connectivity index (χ0n) is 11.6. The lowest BCUT2D eigenvalue weighted by Gasteiger charge is -2.30. The first kappa shape index (κ1) is 12.4. The van der Waals surface area contributed by atoms with Crippen LogP contribution in [0.25, 0.3) is 10.8 Å². The van der Waals surface area contributed by atoms with Crippen molar-refractivity contribution >= 4 is 10.8 Å². The number of hydrogen-bond donors (Lipinski definition) is 1. The highest BCUT2D eigenvalue weighted by Gasteiger charge is 2.22. The molecule has 1 aliphatic rings. The Labute approximate surface area is 113 Å². The number of H-pyrrole nitrogens is 1. The standard InChI is InChI=1S/C16H20N2O/c1-11-15(12-7-9-18(2)10-8-12)13-5-3-4-6-14(13)16(19)17-11/h3-6,12H,7-10H2,1-2H3,(H,17,19). The molecule has 0 saturated carbocycles. The average molecular weight is 256 g/mol. The van der Waals surface area contributed by atoms with Crippen molar-refractivity contribution in [3.05, 3.63) is 45.9 Å². The summed E-state index contributed by atoms with van der Waals surface area (Å²) in [5.41, 5.74) is 2.42. The summed E-state index contributed by atoms with van der Waals surface area (Å²) < 4.78 is 0. The quantitative estimate of drug-likeness (QED) is 0.851. The van der Waals surface area contributed by atoms with E-state index in [1.165, 1.54) is 18.4 Å². The van der Waals surface area contributed by atoms with Crippen LogP contribution in [0.1, 0.15) is 30.0 Å². The van der Waals surface area contributed by atoms with E-state index < -0.39 is 0 Å². The molecule has 0 bridgehead atoms. The molecule has 1 N–H and O–H groups in total. The molecule has 0 unspecified atom stereocenters. The molecule has 0 aliphatic carbocycles. The minimum atomic E-state index is 0.0322. The van der Waals surface area contributed by atoms with Gasteiger partial charge in [0.15, 0.2) is 0 Å². The van der Waals surface area contributed by atoms with Gasteiger partial charge < -0.3 is 9.88 Å². The summed E-state index contributed by atoms with van der Waals surface area (Å²) in [6.07, 6.45) is 2.35. The molecule has 3 rings (SSSR count). The van der Waals surface area contributed by atoms with Crippen LogP contribution in [0.15, 0.2) is 29.1 Å². The molecule has 1 fully saturated rings. The summed E-state index contributed by atoms with van der Waals surface area (Å²) in [5.74, 6) is 0.568. The van der Waals surface area contributed by atoms with Crippen molar-refractivity contribution in [1.29, 1.82) is 0 Å². The van der Waals surface area contributed by atoms with Crippen LogP contribution < -0.4 is 5.56 Å². The second-order valence-corrected chi connectivity index (χ2v) is 5.62. The Kier molecular flexibility index (Phi) is 3.15. The Morgan fingerprint density at radius 2 is 1.79 bits per heavy atom. The maximum Gasteiger partial charge on any atom is 0.256 e. The Bertz CT molecular complexity index is 651. The van der Waals surface area contributed by atoms with Crippen molar-refractivity contribution in [2.24, 2.45) is 0 Å². The first-order chi connectivity index (χ1) is 9.16. The second-order valence-electron chi connectivity index (χ2n) is 5.62. The summed E-state index contributed by atoms with van der Waals surface area (Å²) in [4.78, 5) is 17.4. The second kappa shape index (κ2) is 4.82. The molecule has 0 amide bonds. The number of aryl methyl sites for hydroxylation is 1. The molecule has 1 saturated heterocycles. The van der Waals surface area contributed by atoms with Gasteiger partial charge >= 0.3 is 0 Å². The van der Waals surface area contributed by atoms with Gasteiger partial charge in [-0.05, 0) is 62.8 Å². The van der Waals surface area contributed by atoms with Gasteiger partial charge in [0.1, 0.15) is 0 Å². The molecular weight excluding hydrogens is 236 g/mol. The number of rotatable bonds is 1. The number of benzene rings is 1. The van der Waals surface area contributed by atoms with Crippen molar-refractivity contribution in [2.45, 2.75) is 25.7 Å². The van der Waals surface area contributed by atoms with E-state index in [1.54, 1.807) is 0 Å². The Balaban J connectivity index is 2.15. The molecule has 1 aromatic carbocycles. The fourth-order valence-electron chi connectivity index (χ4n) is 3.25. The summed E-state index contributed by atoms with van der Waals surface area (Å²) in [7, 11) is 2.17. The summed E-state index contributed by atoms with van der Waals surface area (Å²) in [5, 5.41) is 1.96. The van der Waals surface area contributed by atoms with Gasteiger partial charge in [0.2, 0.25) is 0 Å². The predicted octanol–water partition coefficient (Wildman–Crippen LogP) is 2.65. The minimum Gasteiger partial charge on any atom is -0.326 e. The first-order valence-electron chi connectivity index (χ1n) is 6.97. The third-order valence-electron chi connectivity index (χ3n) is 4.29. The van der Waals surface area contributed by atoms with Gasteiger partial charge in [-0.3, -0.25) is 4.79 Å². The molecule has 0 spiro atoms. The van der Waals surface area contributed by atoms with E-state index in [-0.39, 0.29) is 5.56 Å². The van der Waals surface area contributed by atoms with Crippen molar-refractivity contribution < 1.29 is 0 Å². The smallest absolute Gasteiger partial charge is 0.256 e. The SMILES string of the molecule is Cc1[nH]c(=O)c2ccccc2c1C1CCN(C)CC1. The lowest BCUT2D eigenvalue weighted by molar-refractivity contribution is 0.255. The van der Waals surface area contributed by atoms with Crippen LogP contribution >= 0.6 is 0 Å². The van der Waals surface area contributed by atoms with Gasteiger partial charge in [0.05, 0.1) is 0 Å². The number of aromatic nitrogens is 1. The van der Waals surface area contributed by atoms with Crippen LogP contribution in [0.5, 0.6) is 0 Å². The number of aromatic amines is 1. The molecule has 2 aromatic rings. The predicted molar refractivity (Wildman–Crippen MR) is 78.8 cm³/mol. The van der Waals surface area contributed by atoms with E-state index in [9.17, 15) is 4.79 Å². The molecular formula is C16H20N2O. The van der Waals surface area contributed by atoms with E-state index in [0.717, 1.165) is 29.6 Å². The van der Waals surface area contributed by atoms with Crippen molar-refractivity contribution in [1.82, 2.24) is 9.88 Å². The van der Waals surface area contributed by atoms with Gasteiger partial charge in [0.25, 0.3) is 5.56 Å². The summed E-state index contributed by atoms with van der Waals surface area (Å²) in [6.45, 7) is 4.30. The van der Waals surface area contributed by atoms with Crippen LogP contribution in [0, 0.1) is 6.92 Å². The molecule has 19 heavy (non-hydrogen) atoms. The van der Waals surface area contributed by atoms with Crippen LogP contribution in [0.3, 0.4) is 0 Å². The molecule has 0 atom stereocenters. The van der Waals surface area contributed by atoms with E-state index in [0.29, 0.717) is 5.92 Å². The minimum absolute atomic E-state index is 0.0322. The van der Waals surface area contributed by atoms with Crippen LogP contribution in [0.2, 0.25) is 0 Å². The highest BCUT2D eigenvalue weighted by atomic mass is 16.1. The molecule has 0 radical (unpaired) electrons. The maximum absolute atomic E-state index is 12.0. The van der Waals surface area contributed by atoms with Crippen LogP contribution in [0.4, 0.5) is 0 Å². The van der Waals surface area contributed by atoms with E-state index in [4.69, 9.17) is 0 Å². The molecule has 100 valence electrons. The number of piperidine rings is 1. The van der Waals surface area contributed by atoms with Crippen LogP contribution in [-0.4, -0.2) is 30.0 Å². The Morgan fingerprint density at radius 3 is 2.47 bits per heavy atom. The van der Waals surface area contributed by atoms with Gasteiger partial charge in [-0.15, -0.1) is 0 Å². The maximum atomic E-state index is 12.0. The van der Waals surface area contributed by atoms with Gasteiger partial charge in [0, 0.05) is 11.1 Å². The topological polar surface area (TPSA) is 36.1 Å². The summed E-state index contributed by atoms with van der Waals surface area (Å²) >= 11 is 0. The van der Waals surface area contributed by atoms with Gasteiger partial charge in [-0.2, -0.15) is 0 Å². The molecule has 3 heteroatoms. The zero-order valence-corrected chi connectivity index (χ0v) is 11.6. The van der Waals surface area contributed by atoms with Crippen molar-refractivity contribution in [2.75, 3.05) is 20.1 Å². The molecule has 1 aliphatic heterocycles. The van der Waals surface area contributed by atoms with Gasteiger partial charge in [-0.25, -0.2) is 0 Å². The lowest BCUT2D eigenvalue weighted by atomic mass is 9.86. The van der Waals surface area contributed by atoms with E-state index in [2.05, 4.69) is 23.0 Å². The zero-order chi connectivity index (χ0) is 13.4. The Morgan fingerprint density at radius 1 is 1.16 bits per heavy atom. The van der Waals surface area contributed by atoms with Crippen molar-refractivity contribution in [3.63, 3.8) is 0 Å². The molecule has 2 heterocycles. The number of hydrogen-bond acceptors (Lipinski definition) is 2. The van der Waals surface area contributed by atoms with Crippen molar-refractivity contribution in [3.8, 4) is 0 Å². The van der Waals surface area contributed by atoms with Gasteiger partial charge in [-0.1, -0.05) is 18.2 Å². The Hall–Kier alpha value is -1.61. The lowest BCUT2D eigenvalue weighted by Crippen LogP contribution is -2.30. The van der Waals surface area contributed by atoms with E-state index >= 15 is 0 Å². The largest absolute Gasteiger partial charge is 0.326 e. The first-order valence-corrected chi connectivity index (χ1v) is 6.97. The number of nitrogens with one attached hydrogen (secondary N) is 1. The number of fused-ring (bicyclic) bond motifs is 1. The van der Waals surface area contributed by atoms with E-state index in [1.807, 2.05) is 25.1 Å². The molecule has 3 nitrogen and oxygen atoms in total. The number of likely N-dealkylation sites (tertiary alicyclic amines) is 1. The fourth-order valence-corrected chi connectivity index (χ4v) is 3.25. The molecule has 1 aromatic heterocycles. The summed E-state index contributed by atoms with van der Waals surface area (Å²) in [6, 6.07) is 7.97. The average Bonchev–Trinajstić information content (AvgIpc) is 2.41. The van der Waals surface area contributed by atoms with Crippen LogP contribution in [-0.2, 0) is 0 Å². The number of nitrogens with zero attached hydrogens (tertiary/aromatic N) is 1. The highest BCUT2D eigenvalue weighted by Crippen LogP contribution is 2.33. The number of pyridine rings is 1. The fraction of sp³-hybridized carbons (Fsp3) is 0.438. The third kappa shape index (κ3) is 2.19. The monoisotopic (exact) mass is 256 g/mol. The highest BCUT2D eigenvalue weighted by molar-refractivity contribution is 5.85. The normalized spacial score (nSPS) is 18.0. The third-order valence-corrected chi connectivity index (χ3v) is 4.29.